The maximum absolute atomic E-state index is 11.0. The van der Waals surface area contributed by atoms with Crippen LogP contribution in [0.15, 0.2) is 60.7 Å². The molecule has 182 valence electrons. The van der Waals surface area contributed by atoms with Crippen molar-refractivity contribution in [2.45, 2.75) is 95.5 Å². The van der Waals surface area contributed by atoms with Gasteiger partial charge in [-0.25, -0.2) is 0 Å². The second kappa shape index (κ2) is 11.3. The summed E-state index contributed by atoms with van der Waals surface area (Å²) in [5, 5.41) is 22.1. The Labute approximate surface area is 199 Å². The van der Waals surface area contributed by atoms with Crippen LogP contribution < -0.4 is 0 Å². The fourth-order valence-corrected chi connectivity index (χ4v) is 5.29. The van der Waals surface area contributed by atoms with E-state index < -0.39 is 32.7 Å². The predicted molar refractivity (Wildman–Crippen MR) is 133 cm³/mol. The molecule has 2 aromatic rings. The van der Waals surface area contributed by atoms with Gasteiger partial charge in [0.2, 0.25) is 0 Å². The molecule has 0 amide bonds. The van der Waals surface area contributed by atoms with Crippen LogP contribution in [0.2, 0.25) is 18.1 Å². The van der Waals surface area contributed by atoms with E-state index in [-0.39, 0.29) is 11.1 Å². The van der Waals surface area contributed by atoms with Gasteiger partial charge in [0.15, 0.2) is 8.32 Å². The van der Waals surface area contributed by atoms with Crippen LogP contribution in [0.5, 0.6) is 0 Å². The van der Waals surface area contributed by atoms with Gasteiger partial charge < -0.3 is 24.1 Å². The van der Waals surface area contributed by atoms with Crippen molar-refractivity contribution in [1.29, 1.82) is 0 Å². The highest BCUT2D eigenvalue weighted by Gasteiger charge is 2.45. The normalized spacial score (nSPS) is 26.7. The molecule has 6 heteroatoms. The molecule has 1 aliphatic rings. The van der Waals surface area contributed by atoms with E-state index in [0.29, 0.717) is 26.1 Å². The fraction of sp³-hybridized carbons (Fsp3) is 0.556. The largest absolute Gasteiger partial charge is 0.414 e. The zero-order valence-corrected chi connectivity index (χ0v) is 21.6. The standard InChI is InChI=1S/C27H40O5Si/c1-27(2,3)33(4,5)32-22-16-23(30-18-20-12-8-6-9-13-20)25(28)26(29)24(17-22)31-19-21-14-10-7-11-15-21/h6-15,22-26,28-29H,16-19H2,1-5H3/t22?,23-,24+,25+,26-. The summed E-state index contributed by atoms with van der Waals surface area (Å²) in [6.45, 7) is 11.8. The van der Waals surface area contributed by atoms with Gasteiger partial charge in [-0.1, -0.05) is 81.4 Å². The maximum Gasteiger partial charge on any atom is 0.192 e. The molecule has 1 aliphatic carbocycles. The van der Waals surface area contributed by atoms with Crippen LogP contribution in [-0.4, -0.2) is 49.1 Å². The third-order valence-electron chi connectivity index (χ3n) is 6.98. The highest BCUT2D eigenvalue weighted by Crippen LogP contribution is 2.39. The van der Waals surface area contributed by atoms with Crippen molar-refractivity contribution in [2.75, 3.05) is 0 Å². The molecule has 0 radical (unpaired) electrons. The number of aliphatic hydroxyl groups is 2. The highest BCUT2D eigenvalue weighted by atomic mass is 28.4. The first-order valence-corrected chi connectivity index (χ1v) is 14.8. The Morgan fingerprint density at radius 2 is 1.15 bits per heavy atom. The van der Waals surface area contributed by atoms with Crippen LogP contribution in [0.3, 0.4) is 0 Å². The van der Waals surface area contributed by atoms with Crippen molar-refractivity contribution < 1.29 is 24.1 Å². The van der Waals surface area contributed by atoms with Gasteiger partial charge >= 0.3 is 0 Å². The van der Waals surface area contributed by atoms with Crippen LogP contribution in [0.1, 0.15) is 44.7 Å². The summed E-state index contributed by atoms with van der Waals surface area (Å²) < 4.78 is 19.0. The topological polar surface area (TPSA) is 68.2 Å². The number of aliphatic hydroxyl groups excluding tert-OH is 2. The number of hydrogen-bond acceptors (Lipinski definition) is 5. The molecule has 0 aliphatic heterocycles. The highest BCUT2D eigenvalue weighted by molar-refractivity contribution is 6.74. The fourth-order valence-electron chi connectivity index (χ4n) is 3.91. The average molecular weight is 473 g/mol. The number of hydrogen-bond donors (Lipinski definition) is 2. The molecular formula is C27H40O5Si. The lowest BCUT2D eigenvalue weighted by Gasteiger charge is -2.40. The number of ether oxygens (including phenoxy) is 2. The molecule has 0 heterocycles. The summed E-state index contributed by atoms with van der Waals surface area (Å²) in [7, 11) is -2.07. The van der Waals surface area contributed by atoms with E-state index in [1.165, 1.54) is 0 Å². The van der Waals surface area contributed by atoms with E-state index in [4.69, 9.17) is 13.9 Å². The minimum atomic E-state index is -2.07. The number of benzene rings is 2. The molecule has 0 aromatic heterocycles. The smallest absolute Gasteiger partial charge is 0.192 e. The SMILES string of the molecule is CC(C)(C)[Si](C)(C)OC1C[C@H](OCc2ccccc2)[C@@H](O)[C@@H](O)[C@H](OCc2ccccc2)C1. The third-order valence-corrected chi connectivity index (χ3v) is 11.5. The van der Waals surface area contributed by atoms with Crippen molar-refractivity contribution in [3.05, 3.63) is 71.8 Å². The molecule has 5 atom stereocenters. The Morgan fingerprint density at radius 1 is 0.758 bits per heavy atom. The molecule has 5 nitrogen and oxygen atoms in total. The molecule has 1 fully saturated rings. The Balaban J connectivity index is 1.76. The van der Waals surface area contributed by atoms with Crippen molar-refractivity contribution in [1.82, 2.24) is 0 Å². The minimum Gasteiger partial charge on any atom is -0.414 e. The van der Waals surface area contributed by atoms with Gasteiger partial charge in [-0.3, -0.25) is 0 Å². The molecule has 0 bridgehead atoms. The first-order chi connectivity index (χ1) is 15.6. The van der Waals surface area contributed by atoms with E-state index in [1.54, 1.807) is 0 Å². The van der Waals surface area contributed by atoms with Gasteiger partial charge in [-0.05, 0) is 29.3 Å². The Kier molecular flexibility index (Phi) is 8.89. The Bertz CT molecular complexity index is 779. The minimum absolute atomic E-state index is 0.0529. The van der Waals surface area contributed by atoms with Gasteiger partial charge in [0.05, 0.1) is 31.5 Å². The van der Waals surface area contributed by atoms with E-state index in [0.717, 1.165) is 11.1 Å². The predicted octanol–water partition coefficient (Wildman–Crippen LogP) is 5.06. The number of rotatable bonds is 8. The molecule has 2 N–H and O–H groups in total. The molecule has 2 aromatic carbocycles. The molecule has 0 saturated heterocycles. The quantitative estimate of drug-likeness (QED) is 0.415. The second-order valence-electron chi connectivity index (χ2n) is 10.6. The van der Waals surface area contributed by atoms with E-state index >= 15 is 0 Å². The van der Waals surface area contributed by atoms with Crippen molar-refractivity contribution in [3.8, 4) is 0 Å². The summed E-state index contributed by atoms with van der Waals surface area (Å²) in [6, 6.07) is 19.8. The lowest BCUT2D eigenvalue weighted by Crippen LogP contribution is -2.45. The summed E-state index contributed by atoms with van der Waals surface area (Å²) >= 11 is 0. The van der Waals surface area contributed by atoms with Crippen molar-refractivity contribution in [3.63, 3.8) is 0 Å². The summed E-state index contributed by atoms with van der Waals surface area (Å²) in [4.78, 5) is 0. The van der Waals surface area contributed by atoms with Gasteiger partial charge in [-0.2, -0.15) is 0 Å². The van der Waals surface area contributed by atoms with E-state index in [9.17, 15) is 10.2 Å². The summed E-state index contributed by atoms with van der Waals surface area (Å²) in [5.41, 5.74) is 2.06. The molecule has 1 unspecified atom stereocenters. The molecule has 0 spiro atoms. The van der Waals surface area contributed by atoms with Crippen molar-refractivity contribution in [2.24, 2.45) is 0 Å². The monoisotopic (exact) mass is 472 g/mol. The van der Waals surface area contributed by atoms with Crippen LogP contribution in [0.4, 0.5) is 0 Å². The first-order valence-electron chi connectivity index (χ1n) is 11.9. The zero-order chi connectivity index (χ0) is 24.1. The van der Waals surface area contributed by atoms with E-state index in [1.807, 2.05) is 60.7 Å². The Hall–Kier alpha value is -1.54. The Morgan fingerprint density at radius 3 is 1.52 bits per heavy atom. The second-order valence-corrected chi connectivity index (χ2v) is 15.4. The zero-order valence-electron chi connectivity index (χ0n) is 20.6. The average Bonchev–Trinajstić information content (AvgIpc) is 2.88. The third kappa shape index (κ3) is 7.22. The maximum atomic E-state index is 11.0. The van der Waals surface area contributed by atoms with E-state index in [2.05, 4.69) is 33.9 Å². The summed E-state index contributed by atoms with van der Waals surface area (Å²) in [5.74, 6) is 0. The van der Waals surface area contributed by atoms with Gasteiger partial charge in [0.25, 0.3) is 0 Å². The van der Waals surface area contributed by atoms with Gasteiger partial charge in [0, 0.05) is 12.8 Å². The van der Waals surface area contributed by atoms with Crippen LogP contribution >= 0.6 is 0 Å². The van der Waals surface area contributed by atoms with Gasteiger partial charge in [0.1, 0.15) is 12.2 Å². The molecular weight excluding hydrogens is 432 g/mol. The molecule has 33 heavy (non-hydrogen) atoms. The molecule has 1 saturated carbocycles. The van der Waals surface area contributed by atoms with Crippen LogP contribution in [0, 0.1) is 0 Å². The van der Waals surface area contributed by atoms with Crippen LogP contribution in [-0.2, 0) is 27.1 Å². The lowest BCUT2D eigenvalue weighted by molar-refractivity contribution is -0.134. The lowest BCUT2D eigenvalue weighted by atomic mass is 10.0. The summed E-state index contributed by atoms with van der Waals surface area (Å²) in [6.07, 6.45) is -2.32. The van der Waals surface area contributed by atoms with Crippen LogP contribution in [0.25, 0.3) is 0 Å². The van der Waals surface area contributed by atoms with Crippen molar-refractivity contribution >= 4 is 8.32 Å². The van der Waals surface area contributed by atoms with Gasteiger partial charge in [-0.15, -0.1) is 0 Å². The first kappa shape index (κ1) is 26.1. The molecule has 3 rings (SSSR count).